The summed E-state index contributed by atoms with van der Waals surface area (Å²) in [6.07, 6.45) is 1.11. The van der Waals surface area contributed by atoms with Gasteiger partial charge in [-0.1, -0.05) is 12.6 Å². The number of benzene rings is 1. The highest BCUT2D eigenvalue weighted by Gasteiger charge is 2.27. The van der Waals surface area contributed by atoms with Crippen molar-refractivity contribution in [1.82, 2.24) is 10.4 Å². The number of hydrogen-bond acceptors (Lipinski definition) is 2. The second-order valence-electron chi connectivity index (χ2n) is 5.00. The van der Waals surface area contributed by atoms with Gasteiger partial charge in [0, 0.05) is 5.56 Å². The van der Waals surface area contributed by atoms with Crippen LogP contribution in [-0.2, 0) is 4.79 Å². The second kappa shape index (κ2) is 5.65. The van der Waals surface area contributed by atoms with Gasteiger partial charge in [-0.25, -0.2) is 9.40 Å². The zero-order chi connectivity index (χ0) is 14.6. The average molecular weight is 264 g/mol. The van der Waals surface area contributed by atoms with Gasteiger partial charge in [-0.15, -0.1) is 0 Å². The van der Waals surface area contributed by atoms with E-state index in [1.54, 1.807) is 20.8 Å². The highest BCUT2D eigenvalue weighted by atomic mass is 19.1. The van der Waals surface area contributed by atoms with Crippen molar-refractivity contribution in [2.24, 2.45) is 0 Å². The van der Waals surface area contributed by atoms with Crippen LogP contribution in [0.1, 0.15) is 31.1 Å². The smallest absolute Gasteiger partial charge is 0.268 e. The zero-order valence-corrected chi connectivity index (χ0v) is 11.2. The molecule has 4 nitrogen and oxygen atoms in total. The van der Waals surface area contributed by atoms with Gasteiger partial charge in [0.25, 0.3) is 11.8 Å². The number of carbonyl (C=O) groups is 2. The number of amides is 2. The van der Waals surface area contributed by atoms with Gasteiger partial charge in [-0.3, -0.25) is 15.0 Å². The predicted molar refractivity (Wildman–Crippen MR) is 70.7 cm³/mol. The van der Waals surface area contributed by atoms with Crippen LogP contribution in [0.15, 0.2) is 36.9 Å². The topological polar surface area (TPSA) is 49.4 Å². The van der Waals surface area contributed by atoms with Gasteiger partial charge in [0.1, 0.15) is 5.82 Å². The van der Waals surface area contributed by atoms with Crippen LogP contribution in [0.25, 0.3) is 0 Å². The lowest BCUT2D eigenvalue weighted by Gasteiger charge is -2.34. The number of hydrazine groups is 1. The molecule has 0 heterocycles. The molecule has 0 atom stereocenters. The predicted octanol–water partition coefficient (Wildman–Crippen LogP) is 2.28. The monoisotopic (exact) mass is 264 g/mol. The minimum atomic E-state index is -0.617. The number of nitrogens with one attached hydrogen (secondary N) is 1. The van der Waals surface area contributed by atoms with E-state index >= 15 is 0 Å². The molecule has 0 aliphatic rings. The first-order valence-electron chi connectivity index (χ1n) is 5.79. The highest BCUT2D eigenvalue weighted by Crippen LogP contribution is 2.12. The van der Waals surface area contributed by atoms with Gasteiger partial charge in [0.05, 0.1) is 5.54 Å². The van der Waals surface area contributed by atoms with Crippen molar-refractivity contribution in [2.45, 2.75) is 26.3 Å². The zero-order valence-electron chi connectivity index (χ0n) is 11.2. The van der Waals surface area contributed by atoms with E-state index in [1.165, 1.54) is 18.2 Å². The molecule has 19 heavy (non-hydrogen) atoms. The Balaban J connectivity index is 2.94. The Hall–Kier alpha value is -2.17. The molecule has 1 rings (SSSR count). The first-order valence-corrected chi connectivity index (χ1v) is 5.79. The molecule has 0 fully saturated rings. The molecule has 2 amide bonds. The van der Waals surface area contributed by atoms with Gasteiger partial charge < -0.3 is 0 Å². The fourth-order valence-electron chi connectivity index (χ4n) is 1.44. The standard InChI is InChI=1S/C14H17FN2O2/c1-5-12(18)17(14(2,3)4)16-13(19)10-7-6-8-11(15)9-10/h5-9H,1H2,2-4H3,(H,16,19). The number of halogens is 1. The summed E-state index contributed by atoms with van der Waals surface area (Å²) < 4.78 is 13.0. The maximum atomic E-state index is 13.0. The lowest BCUT2D eigenvalue weighted by molar-refractivity contribution is -0.133. The molecule has 5 heteroatoms. The molecule has 0 unspecified atom stereocenters. The summed E-state index contributed by atoms with van der Waals surface area (Å²) >= 11 is 0. The summed E-state index contributed by atoms with van der Waals surface area (Å²) in [5.74, 6) is -1.49. The summed E-state index contributed by atoms with van der Waals surface area (Å²) in [5.41, 5.74) is 1.99. The van der Waals surface area contributed by atoms with Crippen LogP contribution in [0.5, 0.6) is 0 Å². The molecule has 0 spiro atoms. The van der Waals surface area contributed by atoms with Crippen LogP contribution in [0.2, 0.25) is 0 Å². The second-order valence-corrected chi connectivity index (χ2v) is 5.00. The van der Waals surface area contributed by atoms with E-state index in [4.69, 9.17) is 0 Å². The van der Waals surface area contributed by atoms with Gasteiger partial charge in [0.15, 0.2) is 0 Å². The Labute approximate surface area is 111 Å². The normalized spacial score (nSPS) is 10.7. The Morgan fingerprint density at radius 2 is 2.00 bits per heavy atom. The van der Waals surface area contributed by atoms with E-state index in [2.05, 4.69) is 12.0 Å². The number of nitrogens with zero attached hydrogens (tertiary/aromatic N) is 1. The Kier molecular flexibility index (Phi) is 4.43. The third-order valence-electron chi connectivity index (χ3n) is 2.37. The Morgan fingerprint density at radius 1 is 1.37 bits per heavy atom. The first kappa shape index (κ1) is 14.9. The molecule has 102 valence electrons. The van der Waals surface area contributed by atoms with Crippen LogP contribution < -0.4 is 5.43 Å². The summed E-state index contributed by atoms with van der Waals surface area (Å²) in [6, 6.07) is 5.25. The quantitative estimate of drug-likeness (QED) is 0.658. The molecule has 1 N–H and O–H groups in total. The van der Waals surface area contributed by atoms with Gasteiger partial charge in [0.2, 0.25) is 0 Å². The fourth-order valence-corrected chi connectivity index (χ4v) is 1.44. The molecule has 0 aliphatic heterocycles. The molecule has 0 radical (unpaired) electrons. The molecule has 1 aromatic carbocycles. The van der Waals surface area contributed by atoms with E-state index in [0.29, 0.717) is 0 Å². The minimum absolute atomic E-state index is 0.145. The van der Waals surface area contributed by atoms with Crippen molar-refractivity contribution in [3.8, 4) is 0 Å². The Morgan fingerprint density at radius 3 is 2.47 bits per heavy atom. The SMILES string of the molecule is C=CC(=O)N(NC(=O)c1cccc(F)c1)C(C)(C)C. The van der Waals surface area contributed by atoms with E-state index in [1.807, 2.05) is 0 Å². The minimum Gasteiger partial charge on any atom is -0.268 e. The highest BCUT2D eigenvalue weighted by molar-refractivity contribution is 5.96. The van der Waals surface area contributed by atoms with E-state index < -0.39 is 23.2 Å². The van der Waals surface area contributed by atoms with Gasteiger partial charge in [-0.05, 0) is 45.0 Å². The first-order chi connectivity index (χ1) is 8.75. The van der Waals surface area contributed by atoms with Crippen molar-refractivity contribution >= 4 is 11.8 Å². The summed E-state index contributed by atoms with van der Waals surface area (Å²) in [5, 5.41) is 1.16. The molecule has 0 aliphatic carbocycles. The summed E-state index contributed by atoms with van der Waals surface area (Å²) in [4.78, 5) is 23.7. The van der Waals surface area contributed by atoms with Crippen LogP contribution >= 0.6 is 0 Å². The van der Waals surface area contributed by atoms with Crippen LogP contribution in [0.4, 0.5) is 4.39 Å². The number of hydrogen-bond donors (Lipinski definition) is 1. The van der Waals surface area contributed by atoms with Crippen LogP contribution in [0, 0.1) is 5.82 Å². The maximum absolute atomic E-state index is 13.0. The third kappa shape index (κ3) is 3.91. The van der Waals surface area contributed by atoms with Crippen molar-refractivity contribution < 1.29 is 14.0 Å². The number of rotatable bonds is 2. The molecular formula is C14H17FN2O2. The van der Waals surface area contributed by atoms with Gasteiger partial charge in [-0.2, -0.15) is 0 Å². The van der Waals surface area contributed by atoms with Crippen molar-refractivity contribution in [2.75, 3.05) is 0 Å². The van der Waals surface area contributed by atoms with Crippen LogP contribution in [-0.4, -0.2) is 22.4 Å². The van der Waals surface area contributed by atoms with Gasteiger partial charge >= 0.3 is 0 Å². The number of carbonyl (C=O) groups excluding carboxylic acids is 2. The fraction of sp³-hybridized carbons (Fsp3) is 0.286. The Bertz CT molecular complexity index is 506. The average Bonchev–Trinajstić information content (AvgIpc) is 2.33. The van der Waals surface area contributed by atoms with Crippen molar-refractivity contribution in [3.63, 3.8) is 0 Å². The molecule has 0 saturated heterocycles. The van der Waals surface area contributed by atoms with E-state index in [9.17, 15) is 14.0 Å². The van der Waals surface area contributed by atoms with Crippen LogP contribution in [0.3, 0.4) is 0 Å². The molecular weight excluding hydrogens is 247 g/mol. The largest absolute Gasteiger partial charge is 0.270 e. The lowest BCUT2D eigenvalue weighted by atomic mass is 10.1. The summed E-state index contributed by atoms with van der Waals surface area (Å²) in [7, 11) is 0. The van der Waals surface area contributed by atoms with E-state index in [0.717, 1.165) is 17.2 Å². The van der Waals surface area contributed by atoms with Crippen molar-refractivity contribution in [1.29, 1.82) is 0 Å². The molecule has 1 aromatic rings. The molecule has 0 aromatic heterocycles. The molecule has 0 saturated carbocycles. The van der Waals surface area contributed by atoms with E-state index in [-0.39, 0.29) is 5.56 Å². The lowest BCUT2D eigenvalue weighted by Crippen LogP contribution is -2.55. The molecule has 0 bridgehead atoms. The maximum Gasteiger partial charge on any atom is 0.270 e. The summed E-state index contributed by atoms with van der Waals surface area (Å²) in [6.45, 7) is 8.68. The van der Waals surface area contributed by atoms with Crippen molar-refractivity contribution in [3.05, 3.63) is 48.3 Å². The third-order valence-corrected chi connectivity index (χ3v) is 2.37.